The summed E-state index contributed by atoms with van der Waals surface area (Å²) in [6.07, 6.45) is 0.147. The van der Waals surface area contributed by atoms with E-state index in [4.69, 9.17) is 23.8 Å². The molecular formula is C15H12ClNOS. The van der Waals surface area contributed by atoms with Crippen LogP contribution in [-0.2, 0) is 0 Å². The summed E-state index contributed by atoms with van der Waals surface area (Å²) in [6.45, 7) is 0. The Morgan fingerprint density at radius 3 is 2.37 bits per heavy atom. The first kappa shape index (κ1) is 13.7. The van der Waals surface area contributed by atoms with Crippen LogP contribution in [0.25, 0.3) is 0 Å². The molecule has 0 atom stereocenters. The fourth-order valence-electron chi connectivity index (χ4n) is 1.66. The van der Waals surface area contributed by atoms with Gasteiger partial charge in [-0.3, -0.25) is 4.79 Å². The van der Waals surface area contributed by atoms with Crippen molar-refractivity contribution >= 4 is 40.3 Å². The molecule has 4 heteroatoms. The van der Waals surface area contributed by atoms with Crippen LogP contribution in [-0.4, -0.2) is 10.8 Å². The fourth-order valence-corrected chi connectivity index (χ4v) is 2.15. The molecule has 1 N–H and O–H groups in total. The molecule has 0 unspecified atom stereocenters. The number of hydrogen-bond acceptors (Lipinski definition) is 2. The number of hydrogen-bond donors (Lipinski definition) is 1. The zero-order valence-corrected chi connectivity index (χ0v) is 11.7. The Morgan fingerprint density at radius 2 is 1.68 bits per heavy atom. The van der Waals surface area contributed by atoms with Crippen LogP contribution < -0.4 is 5.32 Å². The Labute approximate surface area is 122 Å². The van der Waals surface area contributed by atoms with E-state index >= 15 is 0 Å². The van der Waals surface area contributed by atoms with Crippen LogP contribution in [0.2, 0.25) is 5.02 Å². The lowest BCUT2D eigenvalue weighted by Gasteiger charge is -2.08. The van der Waals surface area contributed by atoms with E-state index < -0.39 is 0 Å². The maximum atomic E-state index is 12.1. The monoisotopic (exact) mass is 289 g/mol. The first-order valence-corrected chi connectivity index (χ1v) is 6.58. The van der Waals surface area contributed by atoms with E-state index in [0.717, 1.165) is 5.69 Å². The summed E-state index contributed by atoms with van der Waals surface area (Å²) in [6, 6.07) is 16.5. The van der Waals surface area contributed by atoms with Crippen molar-refractivity contribution in [3.8, 4) is 0 Å². The minimum atomic E-state index is -0.0842. The third-order valence-electron chi connectivity index (χ3n) is 2.55. The standard InChI is InChI=1S/C15H12ClNOS/c16-13-9-5-4-8-12(13)14(18)10-15(19)17-11-6-2-1-3-7-11/h1-9H,10H2,(H,17,19). The largest absolute Gasteiger partial charge is 0.350 e. The van der Waals surface area contributed by atoms with Crippen LogP contribution >= 0.6 is 23.8 Å². The lowest BCUT2D eigenvalue weighted by Crippen LogP contribution is -2.14. The Balaban J connectivity index is 2.00. The van der Waals surface area contributed by atoms with Crippen molar-refractivity contribution in [1.29, 1.82) is 0 Å². The zero-order valence-electron chi connectivity index (χ0n) is 10.1. The van der Waals surface area contributed by atoms with E-state index in [-0.39, 0.29) is 12.2 Å². The van der Waals surface area contributed by atoms with Crippen molar-refractivity contribution < 1.29 is 4.79 Å². The lowest BCUT2D eigenvalue weighted by atomic mass is 10.1. The fraction of sp³-hybridized carbons (Fsp3) is 0.0667. The van der Waals surface area contributed by atoms with Gasteiger partial charge in [-0.15, -0.1) is 0 Å². The predicted molar refractivity (Wildman–Crippen MR) is 83.1 cm³/mol. The van der Waals surface area contributed by atoms with Crippen LogP contribution in [0.1, 0.15) is 16.8 Å². The Hall–Kier alpha value is -1.71. The van der Waals surface area contributed by atoms with E-state index in [2.05, 4.69) is 5.32 Å². The van der Waals surface area contributed by atoms with Crippen LogP contribution in [0.3, 0.4) is 0 Å². The Bertz CT molecular complexity index is 598. The van der Waals surface area contributed by atoms with Gasteiger partial charge in [0.2, 0.25) is 0 Å². The van der Waals surface area contributed by atoms with Crippen LogP contribution in [0.5, 0.6) is 0 Å². The molecule has 0 fully saturated rings. The van der Waals surface area contributed by atoms with Crippen molar-refractivity contribution in [2.24, 2.45) is 0 Å². The molecule has 0 saturated carbocycles. The Kier molecular flexibility index (Phi) is 4.66. The molecule has 0 radical (unpaired) electrons. The summed E-state index contributed by atoms with van der Waals surface area (Å²) >= 11 is 11.2. The number of nitrogens with one attached hydrogen (secondary N) is 1. The molecule has 0 heterocycles. The number of anilines is 1. The number of rotatable bonds is 4. The molecule has 0 aliphatic rings. The summed E-state index contributed by atoms with van der Waals surface area (Å²) in [5.74, 6) is -0.0842. The van der Waals surface area contributed by atoms with Gasteiger partial charge >= 0.3 is 0 Å². The van der Waals surface area contributed by atoms with Gasteiger partial charge in [0.1, 0.15) is 0 Å². The molecule has 2 rings (SSSR count). The highest BCUT2D eigenvalue weighted by atomic mass is 35.5. The lowest BCUT2D eigenvalue weighted by molar-refractivity contribution is 0.100. The van der Waals surface area contributed by atoms with E-state index in [9.17, 15) is 4.79 Å². The van der Waals surface area contributed by atoms with Crippen molar-refractivity contribution in [1.82, 2.24) is 0 Å². The highest BCUT2D eigenvalue weighted by Gasteiger charge is 2.12. The van der Waals surface area contributed by atoms with E-state index in [0.29, 0.717) is 15.6 Å². The molecular weight excluding hydrogens is 278 g/mol. The first-order chi connectivity index (χ1) is 9.16. The molecule has 0 aliphatic carbocycles. The van der Waals surface area contributed by atoms with Crippen molar-refractivity contribution in [3.05, 3.63) is 65.2 Å². The summed E-state index contributed by atoms with van der Waals surface area (Å²) in [5, 5.41) is 3.48. The van der Waals surface area contributed by atoms with E-state index in [1.807, 2.05) is 30.3 Å². The minimum absolute atomic E-state index is 0.0842. The van der Waals surface area contributed by atoms with Crippen molar-refractivity contribution in [2.45, 2.75) is 6.42 Å². The van der Waals surface area contributed by atoms with Crippen molar-refractivity contribution in [3.63, 3.8) is 0 Å². The highest BCUT2D eigenvalue weighted by molar-refractivity contribution is 7.80. The number of para-hydroxylation sites is 1. The van der Waals surface area contributed by atoms with Crippen LogP contribution in [0.4, 0.5) is 5.69 Å². The first-order valence-electron chi connectivity index (χ1n) is 5.79. The number of benzene rings is 2. The normalized spacial score (nSPS) is 9.95. The quantitative estimate of drug-likeness (QED) is 0.670. The zero-order chi connectivity index (χ0) is 13.7. The van der Waals surface area contributed by atoms with Gasteiger partial charge in [0.25, 0.3) is 0 Å². The number of ketones is 1. The molecule has 0 spiro atoms. The molecule has 0 amide bonds. The molecule has 2 aromatic carbocycles. The van der Waals surface area contributed by atoms with Gasteiger partial charge in [0, 0.05) is 11.3 Å². The molecule has 0 bridgehead atoms. The maximum Gasteiger partial charge on any atom is 0.171 e. The van der Waals surface area contributed by atoms with Gasteiger partial charge in [0.05, 0.1) is 16.4 Å². The predicted octanol–water partition coefficient (Wildman–Crippen LogP) is 4.35. The second kappa shape index (κ2) is 6.45. The maximum absolute atomic E-state index is 12.1. The summed E-state index contributed by atoms with van der Waals surface area (Å²) < 4.78 is 0. The second-order valence-electron chi connectivity index (χ2n) is 3.99. The summed E-state index contributed by atoms with van der Waals surface area (Å²) in [7, 11) is 0. The van der Waals surface area contributed by atoms with Gasteiger partial charge < -0.3 is 5.32 Å². The van der Waals surface area contributed by atoms with Gasteiger partial charge in [-0.1, -0.05) is 54.2 Å². The second-order valence-corrected chi connectivity index (χ2v) is 4.89. The molecule has 0 saturated heterocycles. The molecule has 96 valence electrons. The molecule has 2 aromatic rings. The minimum Gasteiger partial charge on any atom is -0.350 e. The van der Waals surface area contributed by atoms with Gasteiger partial charge in [-0.2, -0.15) is 0 Å². The van der Waals surface area contributed by atoms with E-state index in [1.54, 1.807) is 24.3 Å². The van der Waals surface area contributed by atoms with Crippen molar-refractivity contribution in [2.75, 3.05) is 5.32 Å². The SMILES string of the molecule is O=C(CC(=S)Nc1ccccc1)c1ccccc1Cl. The van der Waals surface area contributed by atoms with Gasteiger partial charge in [-0.25, -0.2) is 0 Å². The third-order valence-corrected chi connectivity index (χ3v) is 3.13. The average Bonchev–Trinajstić information content (AvgIpc) is 2.40. The molecule has 0 aromatic heterocycles. The molecule has 19 heavy (non-hydrogen) atoms. The number of halogens is 1. The summed E-state index contributed by atoms with van der Waals surface area (Å²) in [5.41, 5.74) is 1.38. The van der Waals surface area contributed by atoms with E-state index in [1.165, 1.54) is 0 Å². The number of Topliss-reactive ketones (excluding diaryl/α,β-unsaturated/α-hetero) is 1. The molecule has 0 aliphatic heterocycles. The van der Waals surface area contributed by atoms with Crippen LogP contribution in [0.15, 0.2) is 54.6 Å². The third kappa shape index (κ3) is 3.88. The van der Waals surface area contributed by atoms with Gasteiger partial charge in [-0.05, 0) is 24.3 Å². The van der Waals surface area contributed by atoms with Gasteiger partial charge in [0.15, 0.2) is 5.78 Å². The highest BCUT2D eigenvalue weighted by Crippen LogP contribution is 2.17. The number of carbonyl (C=O) groups is 1. The number of carbonyl (C=O) groups excluding carboxylic acids is 1. The topological polar surface area (TPSA) is 29.1 Å². The smallest absolute Gasteiger partial charge is 0.171 e. The molecule has 2 nitrogen and oxygen atoms in total. The number of thiocarbonyl (C=S) groups is 1. The average molecular weight is 290 g/mol. The van der Waals surface area contributed by atoms with Crippen LogP contribution in [0, 0.1) is 0 Å². The Morgan fingerprint density at radius 1 is 1.05 bits per heavy atom. The summed E-state index contributed by atoms with van der Waals surface area (Å²) in [4.78, 5) is 12.5.